The lowest BCUT2D eigenvalue weighted by Crippen LogP contribution is -2.44. The van der Waals surface area contributed by atoms with Crippen LogP contribution in [0, 0.1) is 0 Å². The number of carbonyl (C=O) groups excluding carboxylic acids is 2. The Hall–Kier alpha value is -3.57. The van der Waals surface area contributed by atoms with Gasteiger partial charge in [-0.2, -0.15) is 13.2 Å². The van der Waals surface area contributed by atoms with E-state index in [1.807, 2.05) is 29.6 Å². The molecule has 3 rings (SSSR count). The first-order valence-corrected chi connectivity index (χ1v) is 13.0. The highest BCUT2D eigenvalue weighted by molar-refractivity contribution is 7.09. The van der Waals surface area contributed by atoms with Crippen molar-refractivity contribution in [2.24, 2.45) is 0 Å². The van der Waals surface area contributed by atoms with E-state index in [1.165, 1.54) is 23.3 Å². The summed E-state index contributed by atoms with van der Waals surface area (Å²) < 4.78 is 54.7. The quantitative estimate of drug-likeness (QED) is 0.288. The molecule has 1 aromatic heterocycles. The standard InChI is InChI=1S/C28H31F3N2O5S/c1-36-15-14-33(27(35)21-7-9-22(10-8-21)28(29,30)31)19-26(34)32(18-23-5-4-16-39-23)13-12-20-6-11-24(37-2)25(17-20)38-3/h4-11,16-17H,12-15,18-19H2,1-3H3. The van der Waals surface area contributed by atoms with Gasteiger partial charge in [-0.1, -0.05) is 12.1 Å². The molecule has 0 N–H and O–H groups in total. The Balaban J connectivity index is 1.78. The molecular formula is C28H31F3N2O5S. The lowest BCUT2D eigenvalue weighted by atomic mass is 10.1. The smallest absolute Gasteiger partial charge is 0.416 e. The van der Waals surface area contributed by atoms with Gasteiger partial charge in [0.05, 0.1) is 32.9 Å². The number of hydrogen-bond donors (Lipinski definition) is 0. The summed E-state index contributed by atoms with van der Waals surface area (Å²) >= 11 is 1.52. The third kappa shape index (κ3) is 8.46. The maximum Gasteiger partial charge on any atom is 0.416 e. The van der Waals surface area contributed by atoms with Crippen LogP contribution in [0.1, 0.15) is 26.4 Å². The predicted octanol–water partition coefficient (Wildman–Crippen LogP) is 5.14. The van der Waals surface area contributed by atoms with E-state index >= 15 is 0 Å². The van der Waals surface area contributed by atoms with Crippen LogP contribution in [-0.4, -0.2) is 69.2 Å². The minimum absolute atomic E-state index is 0.0574. The Kier molecular flexibility index (Phi) is 10.8. The zero-order valence-electron chi connectivity index (χ0n) is 22.0. The number of halogens is 3. The topological polar surface area (TPSA) is 68.3 Å². The van der Waals surface area contributed by atoms with Crippen molar-refractivity contribution in [2.75, 3.05) is 47.6 Å². The van der Waals surface area contributed by atoms with Gasteiger partial charge in [0.1, 0.15) is 6.54 Å². The number of carbonyl (C=O) groups is 2. The molecule has 0 saturated carbocycles. The lowest BCUT2D eigenvalue weighted by Gasteiger charge is -2.28. The third-order valence-corrected chi connectivity index (χ3v) is 6.90. The largest absolute Gasteiger partial charge is 0.493 e. The van der Waals surface area contributed by atoms with Crippen molar-refractivity contribution in [3.05, 3.63) is 81.5 Å². The second kappa shape index (κ2) is 14.0. The molecule has 1 heterocycles. The molecule has 0 aliphatic rings. The van der Waals surface area contributed by atoms with Gasteiger partial charge < -0.3 is 24.0 Å². The zero-order valence-corrected chi connectivity index (χ0v) is 22.8. The first-order chi connectivity index (χ1) is 18.7. The summed E-state index contributed by atoms with van der Waals surface area (Å²) in [5.74, 6) is 0.340. The molecule has 0 aliphatic heterocycles. The molecule has 7 nitrogen and oxygen atoms in total. The summed E-state index contributed by atoms with van der Waals surface area (Å²) in [5.41, 5.74) is 0.145. The molecule has 0 saturated heterocycles. The first kappa shape index (κ1) is 30.0. The zero-order chi connectivity index (χ0) is 28.4. The lowest BCUT2D eigenvalue weighted by molar-refractivity contribution is -0.137. The van der Waals surface area contributed by atoms with Crippen LogP contribution in [0.25, 0.3) is 0 Å². The summed E-state index contributed by atoms with van der Waals surface area (Å²) in [7, 11) is 4.58. The van der Waals surface area contributed by atoms with Gasteiger partial charge in [-0.3, -0.25) is 9.59 Å². The van der Waals surface area contributed by atoms with E-state index in [0.29, 0.717) is 31.0 Å². The third-order valence-electron chi connectivity index (χ3n) is 6.04. The molecule has 11 heteroatoms. The summed E-state index contributed by atoms with van der Waals surface area (Å²) in [6.07, 6.45) is -3.98. The number of nitrogens with zero attached hydrogens (tertiary/aromatic N) is 2. The Bertz CT molecular complexity index is 1220. The predicted molar refractivity (Wildman–Crippen MR) is 142 cm³/mol. The second-order valence-corrected chi connectivity index (χ2v) is 9.66. The highest BCUT2D eigenvalue weighted by Gasteiger charge is 2.31. The van der Waals surface area contributed by atoms with E-state index in [-0.39, 0.29) is 31.2 Å². The summed E-state index contributed by atoms with van der Waals surface area (Å²) in [6, 6.07) is 13.3. The van der Waals surface area contributed by atoms with Crippen LogP contribution in [-0.2, 0) is 28.7 Å². The molecule has 3 aromatic rings. The number of methoxy groups -OCH3 is 3. The number of alkyl halides is 3. The fraction of sp³-hybridized carbons (Fsp3) is 0.357. The van der Waals surface area contributed by atoms with E-state index in [4.69, 9.17) is 14.2 Å². The minimum atomic E-state index is -4.51. The molecule has 0 spiro atoms. The highest BCUT2D eigenvalue weighted by Crippen LogP contribution is 2.30. The summed E-state index contributed by atoms with van der Waals surface area (Å²) in [4.78, 5) is 30.7. The Morgan fingerprint density at radius 1 is 0.897 bits per heavy atom. The van der Waals surface area contributed by atoms with E-state index in [0.717, 1.165) is 34.7 Å². The van der Waals surface area contributed by atoms with Gasteiger partial charge in [0.25, 0.3) is 5.91 Å². The van der Waals surface area contributed by atoms with Gasteiger partial charge in [-0.25, -0.2) is 0 Å². The monoisotopic (exact) mass is 564 g/mol. The van der Waals surface area contributed by atoms with Crippen molar-refractivity contribution >= 4 is 23.2 Å². The molecule has 0 unspecified atom stereocenters. The van der Waals surface area contributed by atoms with Crippen LogP contribution in [0.5, 0.6) is 11.5 Å². The highest BCUT2D eigenvalue weighted by atomic mass is 32.1. The van der Waals surface area contributed by atoms with Crippen LogP contribution < -0.4 is 9.47 Å². The minimum Gasteiger partial charge on any atom is -0.493 e. The number of ether oxygens (including phenoxy) is 3. The number of rotatable bonds is 13. The van der Waals surface area contributed by atoms with Gasteiger partial charge >= 0.3 is 6.18 Å². The molecule has 2 amide bonds. The SMILES string of the molecule is COCCN(CC(=O)N(CCc1ccc(OC)c(OC)c1)Cc1cccs1)C(=O)c1ccc(C(F)(F)F)cc1. The van der Waals surface area contributed by atoms with Gasteiger partial charge in [0, 0.05) is 30.6 Å². The molecule has 39 heavy (non-hydrogen) atoms. The number of hydrogen-bond acceptors (Lipinski definition) is 6. The maximum absolute atomic E-state index is 13.5. The van der Waals surface area contributed by atoms with E-state index in [2.05, 4.69) is 0 Å². The molecule has 0 fully saturated rings. The van der Waals surface area contributed by atoms with Crippen LogP contribution in [0.2, 0.25) is 0 Å². The maximum atomic E-state index is 13.5. The number of amides is 2. The Morgan fingerprint density at radius 3 is 2.21 bits per heavy atom. The van der Waals surface area contributed by atoms with Crippen molar-refractivity contribution in [3.63, 3.8) is 0 Å². The van der Waals surface area contributed by atoms with Crippen molar-refractivity contribution in [2.45, 2.75) is 19.1 Å². The fourth-order valence-corrected chi connectivity index (χ4v) is 4.60. The summed E-state index contributed by atoms with van der Waals surface area (Å²) in [6.45, 7) is 0.747. The van der Waals surface area contributed by atoms with Crippen LogP contribution in [0.4, 0.5) is 13.2 Å². The van der Waals surface area contributed by atoms with Crippen LogP contribution in [0.3, 0.4) is 0 Å². The van der Waals surface area contributed by atoms with Crippen molar-refractivity contribution < 1.29 is 37.0 Å². The van der Waals surface area contributed by atoms with Crippen molar-refractivity contribution in [1.82, 2.24) is 9.80 Å². The first-order valence-electron chi connectivity index (χ1n) is 12.1. The molecule has 0 atom stereocenters. The molecule has 210 valence electrons. The van der Waals surface area contributed by atoms with E-state index < -0.39 is 17.6 Å². The molecule has 0 bridgehead atoms. The second-order valence-electron chi connectivity index (χ2n) is 8.63. The average Bonchev–Trinajstić information content (AvgIpc) is 3.45. The number of benzene rings is 2. The molecule has 0 aliphatic carbocycles. The van der Waals surface area contributed by atoms with Crippen molar-refractivity contribution in [3.8, 4) is 11.5 Å². The van der Waals surface area contributed by atoms with E-state index in [9.17, 15) is 22.8 Å². The van der Waals surface area contributed by atoms with Gasteiger partial charge in [-0.05, 0) is 59.8 Å². The summed E-state index contributed by atoms with van der Waals surface area (Å²) in [5, 5.41) is 1.92. The van der Waals surface area contributed by atoms with Crippen LogP contribution in [0.15, 0.2) is 60.0 Å². The van der Waals surface area contributed by atoms with Gasteiger partial charge in [0.15, 0.2) is 11.5 Å². The van der Waals surface area contributed by atoms with Crippen LogP contribution >= 0.6 is 11.3 Å². The Morgan fingerprint density at radius 2 is 1.62 bits per heavy atom. The molecule has 2 aromatic carbocycles. The Labute approximate surface area is 229 Å². The molecular weight excluding hydrogens is 533 g/mol. The van der Waals surface area contributed by atoms with Gasteiger partial charge in [-0.15, -0.1) is 11.3 Å². The average molecular weight is 565 g/mol. The fourth-order valence-electron chi connectivity index (χ4n) is 3.88. The van der Waals surface area contributed by atoms with Crippen molar-refractivity contribution in [1.29, 1.82) is 0 Å². The molecule has 0 radical (unpaired) electrons. The van der Waals surface area contributed by atoms with E-state index in [1.54, 1.807) is 25.2 Å². The van der Waals surface area contributed by atoms with Gasteiger partial charge in [0.2, 0.25) is 5.91 Å². The normalized spacial score (nSPS) is 11.2. The number of thiophene rings is 1.